The van der Waals surface area contributed by atoms with E-state index in [1.54, 1.807) is 17.0 Å². The van der Waals surface area contributed by atoms with Crippen molar-refractivity contribution in [3.8, 4) is 0 Å². The van der Waals surface area contributed by atoms with Crippen molar-refractivity contribution in [1.29, 1.82) is 0 Å². The minimum Gasteiger partial charge on any atom is -0.373 e. The summed E-state index contributed by atoms with van der Waals surface area (Å²) in [6.45, 7) is 12.2. The molecule has 2 aliphatic heterocycles. The first-order valence-corrected chi connectivity index (χ1v) is 9.75. The second kappa shape index (κ2) is 8.32. The van der Waals surface area contributed by atoms with Crippen LogP contribution >= 0.6 is 0 Å². The quantitative estimate of drug-likeness (QED) is 0.814. The molecule has 6 nitrogen and oxygen atoms in total. The second-order valence-electron chi connectivity index (χ2n) is 7.58. The molecule has 1 aromatic rings. The summed E-state index contributed by atoms with van der Waals surface area (Å²) in [6.07, 6.45) is 7.74. The van der Waals surface area contributed by atoms with E-state index in [2.05, 4.69) is 28.6 Å². The maximum Gasteiger partial charge on any atom is 0.293 e. The maximum absolute atomic E-state index is 12.4. The van der Waals surface area contributed by atoms with E-state index in [1.165, 1.54) is 6.42 Å². The van der Waals surface area contributed by atoms with Gasteiger partial charge in [0, 0.05) is 45.1 Å². The van der Waals surface area contributed by atoms with E-state index in [0.717, 1.165) is 51.5 Å². The van der Waals surface area contributed by atoms with E-state index in [9.17, 15) is 4.79 Å². The van der Waals surface area contributed by atoms with Crippen molar-refractivity contribution >= 4 is 5.82 Å². The highest BCUT2D eigenvalue weighted by Gasteiger charge is 2.25. The molecule has 6 heteroatoms. The van der Waals surface area contributed by atoms with Crippen molar-refractivity contribution in [2.75, 3.05) is 37.6 Å². The van der Waals surface area contributed by atoms with Gasteiger partial charge in [-0.1, -0.05) is 0 Å². The Morgan fingerprint density at radius 1 is 1.20 bits per heavy atom. The molecule has 140 valence electrons. The number of hydrogen-bond donors (Lipinski definition) is 0. The van der Waals surface area contributed by atoms with Gasteiger partial charge >= 0.3 is 0 Å². The predicted octanol–water partition coefficient (Wildman–Crippen LogP) is 1.98. The molecule has 2 fully saturated rings. The van der Waals surface area contributed by atoms with Crippen LogP contribution in [-0.4, -0.2) is 59.4 Å². The third kappa shape index (κ3) is 4.61. The minimum absolute atomic E-state index is 0.0414. The number of morpholine rings is 1. The molecule has 0 unspecified atom stereocenters. The van der Waals surface area contributed by atoms with Crippen molar-refractivity contribution < 1.29 is 4.74 Å². The molecule has 0 saturated carbocycles. The molecule has 3 heterocycles. The van der Waals surface area contributed by atoms with E-state index < -0.39 is 0 Å². The molecule has 1 aromatic heterocycles. The SMILES string of the molecule is CCn1ccnc(N2CCC(CCN3C[C@H](C)O[C@@H](C)C3)CC2)c1=O. The number of hydrogen-bond acceptors (Lipinski definition) is 5. The van der Waals surface area contributed by atoms with Crippen LogP contribution in [0.2, 0.25) is 0 Å². The van der Waals surface area contributed by atoms with E-state index in [1.807, 2.05) is 6.92 Å². The summed E-state index contributed by atoms with van der Waals surface area (Å²) in [6, 6.07) is 0. The van der Waals surface area contributed by atoms with Crippen LogP contribution in [0.5, 0.6) is 0 Å². The summed E-state index contributed by atoms with van der Waals surface area (Å²) in [5.74, 6) is 1.38. The van der Waals surface area contributed by atoms with Gasteiger partial charge in [0.25, 0.3) is 5.56 Å². The number of rotatable bonds is 5. The van der Waals surface area contributed by atoms with E-state index in [-0.39, 0.29) is 5.56 Å². The average molecular weight is 348 g/mol. The summed E-state index contributed by atoms with van der Waals surface area (Å²) in [4.78, 5) is 21.5. The Labute approximate surface area is 150 Å². The van der Waals surface area contributed by atoms with Crippen molar-refractivity contribution in [2.24, 2.45) is 5.92 Å². The first-order chi connectivity index (χ1) is 12.1. The van der Waals surface area contributed by atoms with Gasteiger partial charge in [-0.15, -0.1) is 0 Å². The van der Waals surface area contributed by atoms with Crippen molar-refractivity contribution in [3.63, 3.8) is 0 Å². The lowest BCUT2D eigenvalue weighted by molar-refractivity contribution is -0.0690. The molecule has 2 saturated heterocycles. The topological polar surface area (TPSA) is 50.6 Å². The molecule has 0 aromatic carbocycles. The molecule has 2 atom stereocenters. The summed E-state index contributed by atoms with van der Waals surface area (Å²) in [5.41, 5.74) is 0.0414. The van der Waals surface area contributed by atoms with Gasteiger partial charge in [-0.25, -0.2) is 4.98 Å². The summed E-state index contributed by atoms with van der Waals surface area (Å²) >= 11 is 0. The average Bonchev–Trinajstić information content (AvgIpc) is 2.60. The van der Waals surface area contributed by atoms with E-state index in [0.29, 0.717) is 24.6 Å². The molecule has 0 amide bonds. The first kappa shape index (κ1) is 18.4. The minimum atomic E-state index is 0.0414. The van der Waals surface area contributed by atoms with Gasteiger partial charge in [0.05, 0.1) is 12.2 Å². The molecule has 0 spiro atoms. The number of ether oxygens (including phenoxy) is 1. The fourth-order valence-electron chi connectivity index (χ4n) is 4.17. The lowest BCUT2D eigenvalue weighted by Crippen LogP contribution is -2.46. The molecular formula is C19H32N4O2. The maximum atomic E-state index is 12.4. The summed E-state index contributed by atoms with van der Waals surface area (Å²) < 4.78 is 7.55. The van der Waals surface area contributed by atoms with Gasteiger partial charge in [-0.05, 0) is 52.5 Å². The van der Waals surface area contributed by atoms with Crippen molar-refractivity contribution in [2.45, 2.75) is 58.8 Å². The van der Waals surface area contributed by atoms with Crippen LogP contribution < -0.4 is 10.5 Å². The number of piperidine rings is 1. The van der Waals surface area contributed by atoms with Crippen molar-refractivity contribution in [1.82, 2.24) is 14.5 Å². The van der Waals surface area contributed by atoms with Crippen LogP contribution in [0.3, 0.4) is 0 Å². The van der Waals surface area contributed by atoms with Crippen LogP contribution in [0.15, 0.2) is 17.2 Å². The highest BCUT2D eigenvalue weighted by Crippen LogP contribution is 2.23. The Kier molecular flexibility index (Phi) is 6.12. The monoisotopic (exact) mass is 348 g/mol. The highest BCUT2D eigenvalue weighted by atomic mass is 16.5. The number of aromatic nitrogens is 2. The number of anilines is 1. The second-order valence-corrected chi connectivity index (χ2v) is 7.58. The van der Waals surface area contributed by atoms with Crippen molar-refractivity contribution in [3.05, 3.63) is 22.7 Å². The molecular weight excluding hydrogens is 316 g/mol. The van der Waals surface area contributed by atoms with Gasteiger partial charge in [0.1, 0.15) is 0 Å². The Morgan fingerprint density at radius 3 is 2.52 bits per heavy atom. The molecule has 25 heavy (non-hydrogen) atoms. The molecule has 0 aliphatic carbocycles. The zero-order valence-electron chi connectivity index (χ0n) is 15.9. The fourth-order valence-corrected chi connectivity index (χ4v) is 4.17. The molecule has 0 bridgehead atoms. The van der Waals surface area contributed by atoms with Crippen LogP contribution in [0, 0.1) is 5.92 Å². The smallest absolute Gasteiger partial charge is 0.293 e. The molecule has 3 rings (SSSR count). The number of aryl methyl sites for hydroxylation is 1. The first-order valence-electron chi connectivity index (χ1n) is 9.75. The predicted molar refractivity (Wildman–Crippen MR) is 100 cm³/mol. The molecule has 0 N–H and O–H groups in total. The third-order valence-electron chi connectivity index (χ3n) is 5.50. The lowest BCUT2D eigenvalue weighted by atomic mass is 9.93. The van der Waals surface area contributed by atoms with E-state index in [4.69, 9.17) is 4.74 Å². The number of nitrogens with zero attached hydrogens (tertiary/aromatic N) is 4. The Bertz CT molecular complexity index is 600. The lowest BCUT2D eigenvalue weighted by Gasteiger charge is -2.37. The summed E-state index contributed by atoms with van der Waals surface area (Å²) in [5, 5.41) is 0. The van der Waals surface area contributed by atoms with E-state index >= 15 is 0 Å². The van der Waals surface area contributed by atoms with Gasteiger partial charge in [-0.3, -0.25) is 9.69 Å². The zero-order valence-corrected chi connectivity index (χ0v) is 15.9. The Morgan fingerprint density at radius 2 is 1.88 bits per heavy atom. The van der Waals surface area contributed by atoms with Gasteiger partial charge in [-0.2, -0.15) is 0 Å². The Balaban J connectivity index is 1.48. The Hall–Kier alpha value is -1.40. The summed E-state index contributed by atoms with van der Waals surface area (Å²) in [7, 11) is 0. The zero-order chi connectivity index (χ0) is 17.8. The van der Waals surface area contributed by atoms with Crippen LogP contribution in [0.1, 0.15) is 40.0 Å². The largest absolute Gasteiger partial charge is 0.373 e. The third-order valence-corrected chi connectivity index (χ3v) is 5.50. The normalized spacial score (nSPS) is 26.1. The molecule has 2 aliphatic rings. The fraction of sp³-hybridized carbons (Fsp3) is 0.789. The molecule has 0 radical (unpaired) electrons. The van der Waals surface area contributed by atoms with Gasteiger partial charge in [0.15, 0.2) is 5.82 Å². The van der Waals surface area contributed by atoms with Crippen LogP contribution in [0.25, 0.3) is 0 Å². The highest BCUT2D eigenvalue weighted by molar-refractivity contribution is 5.36. The van der Waals surface area contributed by atoms with Gasteiger partial charge < -0.3 is 14.2 Å². The van der Waals surface area contributed by atoms with Crippen LogP contribution in [0.4, 0.5) is 5.82 Å². The van der Waals surface area contributed by atoms with Crippen LogP contribution in [-0.2, 0) is 11.3 Å². The standard InChI is InChI=1S/C19H32N4O2/c1-4-22-12-8-20-18(19(22)24)23-10-6-17(7-11-23)5-9-21-13-15(2)25-16(3)14-21/h8,12,15-17H,4-7,9-11,13-14H2,1-3H3/t15-,16-/m0/s1. The van der Waals surface area contributed by atoms with Gasteiger partial charge in [0.2, 0.25) is 0 Å².